The number of rotatable bonds is 3. The van der Waals surface area contributed by atoms with Crippen LogP contribution in [-0.4, -0.2) is 21.8 Å². The van der Waals surface area contributed by atoms with Crippen LogP contribution in [-0.2, 0) is 0 Å². The summed E-state index contributed by atoms with van der Waals surface area (Å²) in [6, 6.07) is 4.88. The summed E-state index contributed by atoms with van der Waals surface area (Å²) < 4.78 is 0. The highest BCUT2D eigenvalue weighted by Gasteiger charge is 2.12. The van der Waals surface area contributed by atoms with Crippen molar-refractivity contribution in [1.82, 2.24) is 9.97 Å². The lowest BCUT2D eigenvalue weighted by atomic mass is 10.2. The number of phenols is 1. The van der Waals surface area contributed by atoms with Gasteiger partial charge in [0.15, 0.2) is 0 Å². The highest BCUT2D eigenvalue weighted by Crippen LogP contribution is 2.36. The van der Waals surface area contributed by atoms with Crippen molar-refractivity contribution in [3.8, 4) is 27.7 Å². The molecule has 0 spiro atoms. The van der Waals surface area contributed by atoms with Gasteiger partial charge in [-0.05, 0) is 24.9 Å². The molecule has 4 nitrogen and oxygen atoms in total. The van der Waals surface area contributed by atoms with Gasteiger partial charge in [-0.15, -0.1) is 22.7 Å². The van der Waals surface area contributed by atoms with Gasteiger partial charge in [-0.1, -0.05) is 11.6 Å². The first-order chi connectivity index (χ1) is 9.67. The Morgan fingerprint density at radius 3 is 2.65 bits per heavy atom. The molecular formula is C13H8ClN3OS2. The van der Waals surface area contributed by atoms with E-state index in [1.165, 1.54) is 22.7 Å². The molecule has 1 aromatic carbocycles. The van der Waals surface area contributed by atoms with E-state index in [1.807, 2.05) is 10.8 Å². The number of aromatic nitrogens is 2. The van der Waals surface area contributed by atoms with E-state index < -0.39 is 0 Å². The second-order valence-corrected chi connectivity index (χ2v) is 6.00. The Balaban J connectivity index is 2.01. The highest BCUT2D eigenvalue weighted by atomic mass is 35.5. The molecule has 0 aliphatic rings. The van der Waals surface area contributed by atoms with Crippen molar-refractivity contribution in [2.45, 2.75) is 0 Å². The van der Waals surface area contributed by atoms with E-state index in [0.717, 1.165) is 11.4 Å². The normalized spacial score (nSPS) is 10.7. The number of phenolic OH excluding ortho intramolecular Hbond substituents is 1. The Kier molecular flexibility index (Phi) is 3.52. The average molecular weight is 322 g/mol. The molecule has 0 fully saturated rings. The molecule has 0 saturated heterocycles. The number of nitrogens with zero attached hydrogens (tertiary/aromatic N) is 3. The molecule has 100 valence electrons. The van der Waals surface area contributed by atoms with Crippen LogP contribution < -0.4 is 0 Å². The van der Waals surface area contributed by atoms with Crippen molar-refractivity contribution in [3.63, 3.8) is 0 Å². The zero-order chi connectivity index (χ0) is 14.1. The monoisotopic (exact) mass is 321 g/mol. The minimum atomic E-state index is 0.155. The van der Waals surface area contributed by atoms with Crippen LogP contribution in [0.5, 0.6) is 5.75 Å². The molecule has 0 unspecified atom stereocenters. The van der Waals surface area contributed by atoms with E-state index in [4.69, 9.17) is 11.6 Å². The van der Waals surface area contributed by atoms with Gasteiger partial charge in [-0.2, -0.15) is 0 Å². The third kappa shape index (κ3) is 2.45. The standard InChI is InChI=1S/C13H8ClN3OS2/c1-15-13-17-10(6-20-13)9-5-19-12(16-9)8-4-7(14)2-3-11(8)18/h2-6,18H,1H2. The van der Waals surface area contributed by atoms with Crippen LogP contribution in [0.4, 0.5) is 5.13 Å². The van der Waals surface area contributed by atoms with Crippen molar-refractivity contribution < 1.29 is 5.11 Å². The quantitative estimate of drug-likeness (QED) is 0.716. The smallest absolute Gasteiger partial charge is 0.209 e. The van der Waals surface area contributed by atoms with Gasteiger partial charge in [0.2, 0.25) is 5.13 Å². The Bertz CT molecular complexity index is 782. The van der Waals surface area contributed by atoms with Crippen LogP contribution in [0.1, 0.15) is 0 Å². The van der Waals surface area contributed by atoms with Crippen molar-refractivity contribution in [2.75, 3.05) is 0 Å². The highest BCUT2D eigenvalue weighted by molar-refractivity contribution is 7.14. The van der Waals surface area contributed by atoms with Crippen LogP contribution in [0.15, 0.2) is 34.0 Å². The maximum atomic E-state index is 9.88. The Hall–Kier alpha value is -1.76. The van der Waals surface area contributed by atoms with Crippen LogP contribution >= 0.6 is 34.3 Å². The molecule has 0 bridgehead atoms. The van der Waals surface area contributed by atoms with E-state index in [9.17, 15) is 5.11 Å². The third-order valence-electron chi connectivity index (χ3n) is 2.58. The fourth-order valence-electron chi connectivity index (χ4n) is 1.65. The predicted molar refractivity (Wildman–Crippen MR) is 84.5 cm³/mol. The summed E-state index contributed by atoms with van der Waals surface area (Å²) in [5.74, 6) is 0.155. The van der Waals surface area contributed by atoms with E-state index >= 15 is 0 Å². The van der Waals surface area contributed by atoms with Gasteiger partial charge in [0.1, 0.15) is 22.1 Å². The summed E-state index contributed by atoms with van der Waals surface area (Å²) in [6.07, 6.45) is 0. The molecule has 0 radical (unpaired) electrons. The third-order valence-corrected chi connectivity index (χ3v) is 4.47. The van der Waals surface area contributed by atoms with Crippen molar-refractivity contribution >= 4 is 46.1 Å². The van der Waals surface area contributed by atoms with Gasteiger partial charge < -0.3 is 5.11 Å². The Morgan fingerprint density at radius 1 is 1.15 bits per heavy atom. The summed E-state index contributed by atoms with van der Waals surface area (Å²) in [6.45, 7) is 3.44. The molecule has 0 saturated carbocycles. The van der Waals surface area contributed by atoms with E-state index in [-0.39, 0.29) is 5.75 Å². The molecule has 2 aromatic heterocycles. The van der Waals surface area contributed by atoms with Gasteiger partial charge >= 0.3 is 0 Å². The molecule has 0 aliphatic carbocycles. The molecular weight excluding hydrogens is 314 g/mol. The van der Waals surface area contributed by atoms with Gasteiger partial charge in [-0.3, -0.25) is 0 Å². The number of thiazole rings is 2. The van der Waals surface area contributed by atoms with Gasteiger partial charge in [0.05, 0.1) is 5.56 Å². The van der Waals surface area contributed by atoms with Crippen molar-refractivity contribution in [2.24, 2.45) is 4.99 Å². The summed E-state index contributed by atoms with van der Waals surface area (Å²) >= 11 is 8.78. The maximum absolute atomic E-state index is 9.88. The number of benzene rings is 1. The van der Waals surface area contributed by atoms with E-state index in [1.54, 1.807) is 18.2 Å². The molecule has 2 heterocycles. The van der Waals surface area contributed by atoms with Crippen LogP contribution in [0, 0.1) is 0 Å². The number of aliphatic imine (C=N–C) groups is 1. The maximum Gasteiger partial charge on any atom is 0.209 e. The lowest BCUT2D eigenvalue weighted by Gasteiger charge is -2.00. The van der Waals surface area contributed by atoms with Crippen molar-refractivity contribution in [1.29, 1.82) is 0 Å². The Morgan fingerprint density at radius 2 is 1.90 bits per heavy atom. The first-order valence-electron chi connectivity index (χ1n) is 5.54. The molecule has 3 rings (SSSR count). The minimum absolute atomic E-state index is 0.155. The molecule has 3 aromatic rings. The zero-order valence-electron chi connectivity index (χ0n) is 10.1. The molecule has 0 atom stereocenters. The van der Waals surface area contributed by atoms with Gasteiger partial charge in [0, 0.05) is 15.8 Å². The molecule has 1 N–H and O–H groups in total. The fraction of sp³-hybridized carbons (Fsp3) is 0. The van der Waals surface area contributed by atoms with E-state index in [2.05, 4.69) is 21.7 Å². The Labute approximate surface area is 128 Å². The largest absolute Gasteiger partial charge is 0.507 e. The van der Waals surface area contributed by atoms with Crippen molar-refractivity contribution in [3.05, 3.63) is 34.0 Å². The van der Waals surface area contributed by atoms with Crippen LogP contribution in [0.3, 0.4) is 0 Å². The lowest BCUT2D eigenvalue weighted by Crippen LogP contribution is -1.80. The average Bonchev–Trinajstić information content (AvgIpc) is 3.09. The second-order valence-electron chi connectivity index (χ2n) is 3.87. The van der Waals surface area contributed by atoms with E-state index in [0.29, 0.717) is 20.7 Å². The first-order valence-corrected chi connectivity index (χ1v) is 7.68. The summed E-state index contributed by atoms with van der Waals surface area (Å²) in [5.41, 5.74) is 2.11. The molecule has 7 heteroatoms. The molecule has 0 amide bonds. The van der Waals surface area contributed by atoms with Crippen LogP contribution in [0.25, 0.3) is 22.0 Å². The molecule has 20 heavy (non-hydrogen) atoms. The fourth-order valence-corrected chi connectivity index (χ4v) is 3.28. The SMILES string of the molecule is C=Nc1nc(-c2csc(-c3cc(Cl)ccc3O)n2)cs1. The second kappa shape index (κ2) is 5.32. The van der Waals surface area contributed by atoms with Crippen LogP contribution in [0.2, 0.25) is 5.02 Å². The summed E-state index contributed by atoms with van der Waals surface area (Å²) in [7, 11) is 0. The first kappa shape index (κ1) is 13.2. The number of hydrogen-bond donors (Lipinski definition) is 1. The number of hydrogen-bond acceptors (Lipinski definition) is 6. The topological polar surface area (TPSA) is 58.4 Å². The van der Waals surface area contributed by atoms with Gasteiger partial charge in [0.25, 0.3) is 0 Å². The molecule has 0 aliphatic heterocycles. The van der Waals surface area contributed by atoms with Gasteiger partial charge in [-0.25, -0.2) is 15.0 Å². The number of aromatic hydroxyl groups is 1. The predicted octanol–water partition coefficient (Wildman–Crippen LogP) is 4.62. The summed E-state index contributed by atoms with van der Waals surface area (Å²) in [5, 5.41) is 15.5. The number of halogens is 1. The summed E-state index contributed by atoms with van der Waals surface area (Å²) in [4.78, 5) is 12.6. The lowest BCUT2D eigenvalue weighted by molar-refractivity contribution is 0.477. The zero-order valence-corrected chi connectivity index (χ0v) is 12.5. The minimum Gasteiger partial charge on any atom is -0.507 e.